The molecule has 0 aliphatic carbocycles. The average molecular weight is 467 g/mol. The van der Waals surface area contributed by atoms with Gasteiger partial charge in [0, 0.05) is 57.8 Å². The summed E-state index contributed by atoms with van der Waals surface area (Å²) in [6.45, 7) is 6.58. The summed E-state index contributed by atoms with van der Waals surface area (Å²) in [5.41, 5.74) is 9.33. The number of amides is 2. The van der Waals surface area contributed by atoms with Crippen molar-refractivity contribution in [3.63, 3.8) is 0 Å². The van der Waals surface area contributed by atoms with E-state index in [0.29, 0.717) is 0 Å². The molecule has 5 heterocycles. The molecule has 33 heavy (non-hydrogen) atoms. The first-order valence-electron chi connectivity index (χ1n) is 12.6. The fourth-order valence-electron chi connectivity index (χ4n) is 6.91. The van der Waals surface area contributed by atoms with Gasteiger partial charge in [-0.25, -0.2) is 14.8 Å². The van der Waals surface area contributed by atoms with Crippen LogP contribution in [0.5, 0.6) is 0 Å². The van der Waals surface area contributed by atoms with E-state index < -0.39 is 18.3 Å². The fraction of sp³-hybridized carbons (Fsp3) is 0.909. The highest BCUT2D eigenvalue weighted by Gasteiger charge is 2.49. The number of carbonyl (C=O) groups excluding carboxylic acids is 2. The molecule has 5 aliphatic heterocycles. The van der Waals surface area contributed by atoms with E-state index >= 15 is 0 Å². The SMILES string of the molecule is CC(=O)N1CCCC12CCN(C1CCNCC1NC(=O)C1C(N)NN3CC(F)CNC13)CC2. The zero-order chi connectivity index (χ0) is 23.2. The molecule has 0 saturated carbocycles. The van der Waals surface area contributed by atoms with Crippen LogP contribution < -0.4 is 27.1 Å². The second-order valence-electron chi connectivity index (χ2n) is 10.5. The van der Waals surface area contributed by atoms with Gasteiger partial charge in [0.15, 0.2) is 0 Å². The molecular formula is C22H39FN8O2. The van der Waals surface area contributed by atoms with Crippen LogP contribution >= 0.6 is 0 Å². The quantitative estimate of drug-likeness (QED) is 0.334. The highest BCUT2D eigenvalue weighted by Crippen LogP contribution is 2.39. The van der Waals surface area contributed by atoms with Crippen LogP contribution in [-0.2, 0) is 9.59 Å². The van der Waals surface area contributed by atoms with Gasteiger partial charge in [0.2, 0.25) is 11.8 Å². The lowest BCUT2D eigenvalue weighted by Crippen LogP contribution is -2.65. The molecule has 0 aromatic carbocycles. The lowest BCUT2D eigenvalue weighted by Gasteiger charge is -2.49. The summed E-state index contributed by atoms with van der Waals surface area (Å²) in [7, 11) is 0. The molecule has 5 aliphatic rings. The monoisotopic (exact) mass is 466 g/mol. The van der Waals surface area contributed by atoms with E-state index in [1.807, 2.05) is 0 Å². The number of nitrogens with two attached hydrogens (primary N) is 1. The second-order valence-corrected chi connectivity index (χ2v) is 10.5. The van der Waals surface area contributed by atoms with Crippen molar-refractivity contribution in [3.05, 3.63) is 0 Å². The first-order valence-corrected chi connectivity index (χ1v) is 12.6. The summed E-state index contributed by atoms with van der Waals surface area (Å²) in [5, 5.41) is 11.6. The highest BCUT2D eigenvalue weighted by molar-refractivity contribution is 5.81. The molecule has 2 amide bonds. The van der Waals surface area contributed by atoms with Gasteiger partial charge in [-0.15, -0.1) is 0 Å². The van der Waals surface area contributed by atoms with Crippen LogP contribution in [0, 0.1) is 5.92 Å². The zero-order valence-corrected chi connectivity index (χ0v) is 19.6. The Balaban J connectivity index is 1.22. The Kier molecular flexibility index (Phi) is 6.62. The summed E-state index contributed by atoms with van der Waals surface area (Å²) in [6.07, 6.45) is 3.35. The van der Waals surface area contributed by atoms with Crippen molar-refractivity contribution >= 4 is 11.8 Å². The van der Waals surface area contributed by atoms with Crippen LogP contribution in [0.2, 0.25) is 0 Å². The fourth-order valence-corrected chi connectivity index (χ4v) is 6.91. The lowest BCUT2D eigenvalue weighted by molar-refractivity contribution is -0.135. The van der Waals surface area contributed by atoms with Gasteiger partial charge in [-0.05, 0) is 38.6 Å². The second kappa shape index (κ2) is 9.35. The number of fused-ring (bicyclic) bond motifs is 1. The van der Waals surface area contributed by atoms with Gasteiger partial charge in [-0.3, -0.25) is 19.8 Å². The number of hydrogen-bond donors (Lipinski definition) is 5. The van der Waals surface area contributed by atoms with E-state index in [0.717, 1.165) is 64.8 Å². The van der Waals surface area contributed by atoms with Crippen molar-refractivity contribution in [3.8, 4) is 0 Å². The molecule has 0 radical (unpaired) electrons. The van der Waals surface area contributed by atoms with E-state index in [1.165, 1.54) is 0 Å². The number of hydrogen-bond acceptors (Lipinski definition) is 8. The molecule has 5 fully saturated rings. The number of hydrazine groups is 1. The maximum absolute atomic E-state index is 13.8. The van der Waals surface area contributed by atoms with Crippen LogP contribution in [0.4, 0.5) is 4.39 Å². The first kappa shape index (κ1) is 23.4. The van der Waals surface area contributed by atoms with Crippen molar-refractivity contribution in [2.45, 2.75) is 75.2 Å². The van der Waals surface area contributed by atoms with E-state index in [4.69, 9.17) is 5.73 Å². The first-order chi connectivity index (χ1) is 15.9. The molecule has 0 aromatic heterocycles. The molecule has 5 saturated heterocycles. The molecule has 186 valence electrons. The Morgan fingerprint density at radius 1 is 1.15 bits per heavy atom. The Morgan fingerprint density at radius 2 is 1.94 bits per heavy atom. The number of alkyl halides is 1. The van der Waals surface area contributed by atoms with E-state index in [-0.39, 0.29) is 48.7 Å². The maximum atomic E-state index is 13.8. The number of nitrogens with one attached hydrogen (secondary N) is 4. The van der Waals surface area contributed by atoms with Crippen molar-refractivity contribution in [2.75, 3.05) is 45.8 Å². The Bertz CT molecular complexity index is 748. The number of likely N-dealkylation sites (tertiary alicyclic amines) is 2. The Morgan fingerprint density at radius 3 is 2.70 bits per heavy atom. The summed E-state index contributed by atoms with van der Waals surface area (Å²) in [5.74, 6) is -0.371. The van der Waals surface area contributed by atoms with E-state index in [2.05, 4.69) is 31.2 Å². The molecule has 10 nitrogen and oxygen atoms in total. The molecule has 1 spiro atoms. The van der Waals surface area contributed by atoms with Crippen LogP contribution in [0.1, 0.15) is 39.0 Å². The molecule has 6 unspecified atom stereocenters. The Labute approximate surface area is 195 Å². The van der Waals surface area contributed by atoms with E-state index in [1.54, 1.807) is 11.9 Å². The van der Waals surface area contributed by atoms with Gasteiger partial charge < -0.3 is 21.3 Å². The molecule has 0 bridgehead atoms. The number of piperidine rings is 2. The number of carbonyl (C=O) groups is 2. The van der Waals surface area contributed by atoms with Crippen LogP contribution in [-0.4, -0.2) is 109 Å². The summed E-state index contributed by atoms with van der Waals surface area (Å²) < 4.78 is 13.8. The smallest absolute Gasteiger partial charge is 0.229 e. The minimum absolute atomic E-state index is 0.00782. The van der Waals surface area contributed by atoms with Crippen molar-refractivity contribution in [1.29, 1.82) is 0 Å². The van der Waals surface area contributed by atoms with Gasteiger partial charge in [-0.2, -0.15) is 0 Å². The molecule has 5 rings (SSSR count). The minimum Gasteiger partial charge on any atom is -0.350 e. The van der Waals surface area contributed by atoms with Gasteiger partial charge in [-0.1, -0.05) is 0 Å². The topological polar surface area (TPSA) is 118 Å². The van der Waals surface area contributed by atoms with Gasteiger partial charge in [0.1, 0.15) is 6.17 Å². The molecule has 6 atom stereocenters. The van der Waals surface area contributed by atoms with Crippen LogP contribution in [0.25, 0.3) is 0 Å². The largest absolute Gasteiger partial charge is 0.350 e. The van der Waals surface area contributed by atoms with Crippen LogP contribution in [0.3, 0.4) is 0 Å². The van der Waals surface area contributed by atoms with Gasteiger partial charge in [0.25, 0.3) is 0 Å². The van der Waals surface area contributed by atoms with Crippen LogP contribution in [0.15, 0.2) is 0 Å². The minimum atomic E-state index is -0.976. The summed E-state index contributed by atoms with van der Waals surface area (Å²) in [4.78, 5) is 30.1. The number of rotatable bonds is 3. The highest BCUT2D eigenvalue weighted by atomic mass is 19.1. The third-order valence-corrected chi connectivity index (χ3v) is 8.57. The maximum Gasteiger partial charge on any atom is 0.229 e. The van der Waals surface area contributed by atoms with Gasteiger partial charge in [0.05, 0.1) is 24.3 Å². The zero-order valence-electron chi connectivity index (χ0n) is 19.6. The lowest BCUT2D eigenvalue weighted by atomic mass is 9.83. The van der Waals surface area contributed by atoms with Crippen molar-refractivity contribution < 1.29 is 14.0 Å². The standard InChI is InChI=1S/C22H39FN8O2/c1-14(32)30-8-2-4-22(30)5-9-29(10-6-22)17-3-7-25-12-16(17)27-21(33)18-19(24)28-31-13-15(23)11-26-20(18)31/h15-20,25-26,28H,2-13,24H2,1H3,(H,27,33). The molecule has 6 N–H and O–H groups in total. The third kappa shape index (κ3) is 4.39. The predicted octanol–water partition coefficient (Wildman–Crippen LogP) is -1.70. The molecule has 0 aromatic rings. The third-order valence-electron chi connectivity index (χ3n) is 8.57. The van der Waals surface area contributed by atoms with Crippen molar-refractivity contribution in [1.82, 2.24) is 36.2 Å². The normalized spacial score (nSPS) is 39.5. The summed E-state index contributed by atoms with van der Waals surface area (Å²) in [6, 6.07) is 0.252. The Hall–Kier alpha value is -1.37. The average Bonchev–Trinajstić information content (AvgIpc) is 3.34. The predicted molar refractivity (Wildman–Crippen MR) is 121 cm³/mol. The molecule has 11 heteroatoms. The number of nitrogens with zero attached hydrogens (tertiary/aromatic N) is 3. The molecular weight excluding hydrogens is 427 g/mol. The summed E-state index contributed by atoms with van der Waals surface area (Å²) >= 11 is 0. The van der Waals surface area contributed by atoms with Crippen molar-refractivity contribution in [2.24, 2.45) is 11.7 Å². The number of halogens is 1. The van der Waals surface area contributed by atoms with Gasteiger partial charge >= 0.3 is 0 Å². The van der Waals surface area contributed by atoms with E-state index in [9.17, 15) is 14.0 Å².